The smallest absolute Gasteiger partial charge is 0.392 e. The van der Waals surface area contributed by atoms with Gasteiger partial charge in [-0.25, -0.2) is 0 Å². The molecule has 0 saturated carbocycles. The molecule has 0 aliphatic heterocycles. The second-order valence-electron chi connectivity index (χ2n) is 3.39. The summed E-state index contributed by atoms with van der Waals surface area (Å²) in [7, 11) is -2.19. The number of hydrogen-bond acceptors (Lipinski definition) is 3. The quantitative estimate of drug-likeness (QED) is 0.549. The van der Waals surface area contributed by atoms with E-state index < -0.39 is 9.28 Å². The van der Waals surface area contributed by atoms with Crippen LogP contribution in [0.2, 0.25) is 0 Å². The molecule has 0 amide bonds. The number of carbonyl (C=O) groups excluding carboxylic acids is 1. The highest BCUT2D eigenvalue weighted by atomic mass is 28.3. The molecule has 0 aromatic heterocycles. The van der Waals surface area contributed by atoms with Crippen LogP contribution in [0, 0.1) is 0 Å². The first-order valence-corrected chi connectivity index (χ1v) is 7.30. The summed E-state index contributed by atoms with van der Waals surface area (Å²) in [6.07, 6.45) is 3.35. The number of benzene rings is 1. The summed E-state index contributed by atoms with van der Waals surface area (Å²) in [4.78, 5) is 11.8. The van der Waals surface area contributed by atoms with Gasteiger partial charge in [-0.1, -0.05) is 36.4 Å². The van der Waals surface area contributed by atoms with Crippen molar-refractivity contribution in [1.29, 1.82) is 0 Å². The highest BCUT2D eigenvalue weighted by Gasteiger charge is 2.20. The summed E-state index contributed by atoms with van der Waals surface area (Å²) in [5.74, 6) is 0. The van der Waals surface area contributed by atoms with Gasteiger partial charge in [0.05, 0.1) is 0 Å². The Morgan fingerprint density at radius 1 is 1.18 bits per heavy atom. The number of rotatable bonds is 7. The first-order chi connectivity index (χ1) is 8.27. The Bertz CT molecular complexity index is 356. The SMILES string of the molecule is CCO[SiH](OCC)C(=O)/C=C/c1ccccc1. The van der Waals surface area contributed by atoms with E-state index in [1.807, 2.05) is 44.2 Å². The monoisotopic (exact) mass is 250 g/mol. The van der Waals surface area contributed by atoms with Gasteiger partial charge in [-0.2, -0.15) is 0 Å². The maximum atomic E-state index is 11.8. The van der Waals surface area contributed by atoms with E-state index in [0.29, 0.717) is 13.2 Å². The molecule has 0 N–H and O–H groups in total. The molecule has 0 bridgehead atoms. The summed E-state index contributed by atoms with van der Waals surface area (Å²) in [5, 5.41) is -0.0300. The Hall–Kier alpha value is -1.23. The maximum absolute atomic E-state index is 11.8. The highest BCUT2D eigenvalue weighted by Crippen LogP contribution is 2.02. The second kappa shape index (κ2) is 7.95. The average Bonchev–Trinajstić information content (AvgIpc) is 2.37. The van der Waals surface area contributed by atoms with Gasteiger partial charge in [0.15, 0.2) is 5.41 Å². The number of hydrogen-bond donors (Lipinski definition) is 0. The summed E-state index contributed by atoms with van der Waals surface area (Å²) in [5.41, 5.74) is 1.00. The third kappa shape index (κ3) is 5.08. The van der Waals surface area contributed by atoms with Gasteiger partial charge in [0.25, 0.3) is 0 Å². The maximum Gasteiger partial charge on any atom is 0.399 e. The Morgan fingerprint density at radius 3 is 2.29 bits per heavy atom. The van der Waals surface area contributed by atoms with Crippen LogP contribution in [-0.2, 0) is 13.6 Å². The van der Waals surface area contributed by atoms with Crippen molar-refractivity contribution in [2.24, 2.45) is 0 Å². The van der Waals surface area contributed by atoms with Crippen molar-refractivity contribution < 1.29 is 13.6 Å². The zero-order chi connectivity index (χ0) is 12.5. The fourth-order valence-corrected chi connectivity index (χ4v) is 2.62. The molecule has 0 heterocycles. The Balaban J connectivity index is 2.60. The average molecular weight is 250 g/mol. The van der Waals surface area contributed by atoms with E-state index >= 15 is 0 Å². The minimum absolute atomic E-state index is 0.0300. The van der Waals surface area contributed by atoms with E-state index in [0.717, 1.165) is 5.56 Å². The van der Waals surface area contributed by atoms with Crippen LogP contribution in [0.25, 0.3) is 6.08 Å². The minimum atomic E-state index is -2.19. The molecule has 0 radical (unpaired) electrons. The van der Waals surface area contributed by atoms with Crippen LogP contribution in [0.3, 0.4) is 0 Å². The standard InChI is InChI=1S/C13H18O3Si/c1-3-15-17(16-4-2)13(14)11-10-12-8-6-5-7-9-12/h5-11,17H,3-4H2,1-2H3/b11-10+. The molecule has 0 atom stereocenters. The van der Waals surface area contributed by atoms with Crippen LogP contribution in [0.15, 0.2) is 36.4 Å². The second-order valence-corrected chi connectivity index (χ2v) is 5.29. The summed E-state index contributed by atoms with van der Waals surface area (Å²) in [6.45, 7) is 4.77. The predicted molar refractivity (Wildman–Crippen MR) is 70.9 cm³/mol. The first kappa shape index (κ1) is 13.8. The molecule has 0 saturated heterocycles. The Kier molecular flexibility index (Phi) is 6.46. The van der Waals surface area contributed by atoms with Crippen molar-refractivity contribution in [3.05, 3.63) is 42.0 Å². The minimum Gasteiger partial charge on any atom is -0.392 e. The van der Waals surface area contributed by atoms with E-state index in [1.54, 1.807) is 12.2 Å². The van der Waals surface area contributed by atoms with Crippen molar-refractivity contribution in [3.63, 3.8) is 0 Å². The van der Waals surface area contributed by atoms with E-state index in [9.17, 15) is 4.79 Å². The van der Waals surface area contributed by atoms with E-state index in [2.05, 4.69) is 0 Å². The van der Waals surface area contributed by atoms with Crippen LogP contribution in [-0.4, -0.2) is 27.9 Å². The van der Waals surface area contributed by atoms with Crippen LogP contribution < -0.4 is 0 Å². The molecular weight excluding hydrogens is 232 g/mol. The Labute approximate surface area is 104 Å². The van der Waals surface area contributed by atoms with Crippen molar-refractivity contribution in [2.45, 2.75) is 13.8 Å². The van der Waals surface area contributed by atoms with Gasteiger partial charge in [-0.15, -0.1) is 0 Å². The number of carbonyl (C=O) groups is 1. The van der Waals surface area contributed by atoms with E-state index in [-0.39, 0.29) is 5.41 Å². The van der Waals surface area contributed by atoms with Crippen LogP contribution >= 0.6 is 0 Å². The van der Waals surface area contributed by atoms with Crippen LogP contribution in [0.4, 0.5) is 0 Å². The van der Waals surface area contributed by atoms with Gasteiger partial charge >= 0.3 is 9.28 Å². The zero-order valence-corrected chi connectivity index (χ0v) is 11.4. The fourth-order valence-electron chi connectivity index (χ4n) is 1.34. The lowest BCUT2D eigenvalue weighted by Gasteiger charge is -2.10. The van der Waals surface area contributed by atoms with Gasteiger partial charge in [-0.05, 0) is 25.5 Å². The lowest BCUT2D eigenvalue weighted by atomic mass is 10.2. The summed E-state index contributed by atoms with van der Waals surface area (Å²) < 4.78 is 10.7. The van der Waals surface area contributed by atoms with Gasteiger partial charge in [0.2, 0.25) is 0 Å². The molecule has 0 spiro atoms. The lowest BCUT2D eigenvalue weighted by molar-refractivity contribution is -0.110. The van der Waals surface area contributed by atoms with Gasteiger partial charge in [-0.3, -0.25) is 4.79 Å². The van der Waals surface area contributed by atoms with Crippen LogP contribution in [0.1, 0.15) is 19.4 Å². The predicted octanol–water partition coefficient (Wildman–Crippen LogP) is 2.10. The fraction of sp³-hybridized carbons (Fsp3) is 0.308. The van der Waals surface area contributed by atoms with Crippen LogP contribution in [0.5, 0.6) is 0 Å². The zero-order valence-electron chi connectivity index (χ0n) is 10.3. The largest absolute Gasteiger partial charge is 0.399 e. The van der Waals surface area contributed by atoms with Crippen molar-refractivity contribution in [3.8, 4) is 0 Å². The molecule has 0 fully saturated rings. The Morgan fingerprint density at radius 2 is 1.76 bits per heavy atom. The molecule has 0 unspecified atom stereocenters. The third-order valence-corrected chi connectivity index (χ3v) is 4.04. The van der Waals surface area contributed by atoms with Crippen molar-refractivity contribution in [1.82, 2.24) is 0 Å². The molecule has 0 aliphatic rings. The topological polar surface area (TPSA) is 35.5 Å². The molecule has 3 nitrogen and oxygen atoms in total. The molecule has 1 rings (SSSR count). The molecule has 4 heteroatoms. The van der Waals surface area contributed by atoms with Gasteiger partial charge in [0, 0.05) is 13.2 Å². The molecular formula is C13H18O3Si. The van der Waals surface area contributed by atoms with Gasteiger partial charge < -0.3 is 8.85 Å². The van der Waals surface area contributed by atoms with Crippen molar-refractivity contribution in [2.75, 3.05) is 13.2 Å². The summed E-state index contributed by atoms with van der Waals surface area (Å²) >= 11 is 0. The van der Waals surface area contributed by atoms with Crippen molar-refractivity contribution >= 4 is 20.8 Å². The molecule has 17 heavy (non-hydrogen) atoms. The highest BCUT2D eigenvalue weighted by molar-refractivity contribution is 6.83. The first-order valence-electron chi connectivity index (χ1n) is 5.78. The molecule has 1 aromatic rings. The molecule has 0 aliphatic carbocycles. The molecule has 1 aromatic carbocycles. The van der Waals surface area contributed by atoms with Gasteiger partial charge in [0.1, 0.15) is 0 Å². The third-order valence-electron chi connectivity index (χ3n) is 2.11. The lowest BCUT2D eigenvalue weighted by Crippen LogP contribution is -2.32. The normalized spacial score (nSPS) is 11.2. The van der Waals surface area contributed by atoms with E-state index in [1.165, 1.54) is 0 Å². The number of allylic oxidation sites excluding steroid dienone is 1. The van der Waals surface area contributed by atoms with E-state index in [4.69, 9.17) is 8.85 Å². The summed E-state index contributed by atoms with van der Waals surface area (Å²) in [6, 6.07) is 9.70. The molecule has 92 valence electrons.